The van der Waals surface area contributed by atoms with Gasteiger partial charge in [0.2, 0.25) is 10.0 Å². The number of hydrogen-bond donors (Lipinski definition) is 1. The highest BCUT2D eigenvalue weighted by Crippen LogP contribution is 2.25. The Kier molecular flexibility index (Phi) is 4.23. The van der Waals surface area contributed by atoms with Crippen LogP contribution in [0, 0.1) is 5.92 Å². The fraction of sp³-hybridized carbons (Fsp3) is 0.312. The summed E-state index contributed by atoms with van der Waals surface area (Å²) in [5.41, 5.74) is 0.903. The number of rotatable bonds is 4. The molecule has 1 fully saturated rings. The number of benzene rings is 1. The third-order valence-corrected chi connectivity index (χ3v) is 4.85. The average Bonchev–Trinajstić information content (AvgIpc) is 3.15. The van der Waals surface area contributed by atoms with Crippen molar-refractivity contribution in [1.29, 1.82) is 0 Å². The van der Waals surface area contributed by atoms with Crippen LogP contribution in [0.2, 0.25) is 0 Å². The standard InChI is InChI=1S/C16H18N2O4S/c17-23(20,21)11-12-8-9-18(10-12)16(19)15-7-6-14(22-15)13-4-2-1-3-5-13/h1-7,12H,8-11H2,(H2,17,20,21). The Balaban J connectivity index is 1.69. The maximum atomic E-state index is 12.5. The SMILES string of the molecule is NS(=O)(=O)CC1CCN(C(=O)c2ccc(-c3ccccc3)o2)C1. The van der Waals surface area contributed by atoms with Crippen LogP contribution < -0.4 is 5.14 Å². The number of likely N-dealkylation sites (tertiary alicyclic amines) is 1. The molecule has 2 aromatic rings. The monoisotopic (exact) mass is 334 g/mol. The summed E-state index contributed by atoms with van der Waals surface area (Å²) in [7, 11) is -3.51. The second kappa shape index (κ2) is 6.17. The maximum Gasteiger partial charge on any atom is 0.289 e. The van der Waals surface area contributed by atoms with E-state index in [9.17, 15) is 13.2 Å². The third-order valence-electron chi connectivity index (χ3n) is 3.92. The highest BCUT2D eigenvalue weighted by Gasteiger charge is 2.30. The number of primary sulfonamides is 1. The van der Waals surface area contributed by atoms with Crippen LogP contribution in [-0.2, 0) is 10.0 Å². The van der Waals surface area contributed by atoms with Gasteiger partial charge in [0, 0.05) is 18.7 Å². The molecule has 1 atom stereocenters. The Morgan fingerprint density at radius 3 is 2.65 bits per heavy atom. The van der Waals surface area contributed by atoms with E-state index < -0.39 is 10.0 Å². The number of carbonyl (C=O) groups is 1. The summed E-state index contributed by atoms with van der Waals surface area (Å²) in [6.45, 7) is 0.900. The van der Waals surface area contributed by atoms with Gasteiger partial charge in [-0.15, -0.1) is 0 Å². The molecule has 2 heterocycles. The molecule has 0 saturated carbocycles. The van der Waals surface area contributed by atoms with Gasteiger partial charge in [0.15, 0.2) is 5.76 Å². The smallest absolute Gasteiger partial charge is 0.289 e. The van der Waals surface area contributed by atoms with Crippen LogP contribution in [0.15, 0.2) is 46.9 Å². The Labute approximate surface area is 134 Å². The number of nitrogens with zero attached hydrogens (tertiary/aromatic N) is 1. The first-order valence-corrected chi connectivity index (χ1v) is 9.09. The molecule has 1 aromatic carbocycles. The highest BCUT2D eigenvalue weighted by atomic mass is 32.2. The lowest BCUT2D eigenvalue weighted by atomic mass is 10.2. The first kappa shape index (κ1) is 15.8. The molecule has 7 heteroatoms. The van der Waals surface area contributed by atoms with Crippen LogP contribution >= 0.6 is 0 Å². The summed E-state index contributed by atoms with van der Waals surface area (Å²) in [6, 6.07) is 12.9. The van der Waals surface area contributed by atoms with Crippen molar-refractivity contribution in [2.45, 2.75) is 6.42 Å². The molecule has 0 aliphatic carbocycles. The Morgan fingerprint density at radius 1 is 1.22 bits per heavy atom. The lowest BCUT2D eigenvalue weighted by Crippen LogP contribution is -2.30. The molecule has 1 unspecified atom stereocenters. The van der Waals surface area contributed by atoms with Crippen LogP contribution in [0.4, 0.5) is 0 Å². The zero-order chi connectivity index (χ0) is 16.4. The molecule has 3 rings (SSSR count). The lowest BCUT2D eigenvalue weighted by molar-refractivity contribution is 0.0757. The minimum absolute atomic E-state index is 0.0931. The molecule has 1 aliphatic rings. The quantitative estimate of drug-likeness (QED) is 0.921. The molecule has 1 saturated heterocycles. The lowest BCUT2D eigenvalue weighted by Gasteiger charge is -2.14. The van der Waals surface area contributed by atoms with Gasteiger partial charge in [0.05, 0.1) is 5.75 Å². The normalized spacial score (nSPS) is 18.3. The highest BCUT2D eigenvalue weighted by molar-refractivity contribution is 7.89. The Bertz CT molecular complexity index is 798. The van der Waals surface area contributed by atoms with Crippen molar-refractivity contribution in [2.24, 2.45) is 11.1 Å². The fourth-order valence-electron chi connectivity index (χ4n) is 2.85. The van der Waals surface area contributed by atoms with Crippen LogP contribution in [0.25, 0.3) is 11.3 Å². The molecule has 6 nitrogen and oxygen atoms in total. The minimum Gasteiger partial charge on any atom is -0.451 e. The zero-order valence-electron chi connectivity index (χ0n) is 12.5. The summed E-state index contributed by atoms with van der Waals surface area (Å²) in [4.78, 5) is 14.1. The van der Waals surface area contributed by atoms with Gasteiger partial charge in [-0.1, -0.05) is 30.3 Å². The van der Waals surface area contributed by atoms with E-state index in [1.807, 2.05) is 30.3 Å². The van der Waals surface area contributed by atoms with Gasteiger partial charge in [-0.05, 0) is 24.5 Å². The predicted octanol–water partition coefficient (Wildman–Crippen LogP) is 1.70. The number of carbonyl (C=O) groups excluding carboxylic acids is 1. The van der Waals surface area contributed by atoms with E-state index in [2.05, 4.69) is 0 Å². The van der Waals surface area contributed by atoms with Crippen molar-refractivity contribution >= 4 is 15.9 Å². The number of furan rings is 1. The van der Waals surface area contributed by atoms with E-state index in [0.717, 1.165) is 5.56 Å². The number of hydrogen-bond acceptors (Lipinski definition) is 4. The van der Waals surface area contributed by atoms with Gasteiger partial charge < -0.3 is 9.32 Å². The molecule has 0 radical (unpaired) electrons. The predicted molar refractivity (Wildman–Crippen MR) is 86.1 cm³/mol. The summed E-state index contributed by atoms with van der Waals surface area (Å²) >= 11 is 0. The number of amides is 1. The third kappa shape index (κ3) is 3.80. The van der Waals surface area contributed by atoms with Crippen molar-refractivity contribution < 1.29 is 17.6 Å². The van der Waals surface area contributed by atoms with Crippen molar-refractivity contribution in [3.05, 3.63) is 48.2 Å². The molecule has 23 heavy (non-hydrogen) atoms. The first-order valence-electron chi connectivity index (χ1n) is 7.37. The van der Waals surface area contributed by atoms with Gasteiger partial charge >= 0.3 is 0 Å². The average molecular weight is 334 g/mol. The maximum absolute atomic E-state index is 12.5. The second-order valence-electron chi connectivity index (χ2n) is 5.77. The molecule has 0 bridgehead atoms. The van der Waals surface area contributed by atoms with E-state index in [1.54, 1.807) is 17.0 Å². The summed E-state index contributed by atoms with van der Waals surface area (Å²) in [5, 5.41) is 5.07. The first-order chi connectivity index (χ1) is 10.9. The fourth-order valence-corrected chi connectivity index (χ4v) is 3.78. The largest absolute Gasteiger partial charge is 0.451 e. The van der Waals surface area contributed by atoms with Crippen molar-refractivity contribution in [3.8, 4) is 11.3 Å². The van der Waals surface area contributed by atoms with E-state index in [1.165, 1.54) is 0 Å². The molecule has 1 amide bonds. The molecule has 1 aromatic heterocycles. The van der Waals surface area contributed by atoms with Crippen LogP contribution in [0.3, 0.4) is 0 Å². The van der Waals surface area contributed by atoms with E-state index in [0.29, 0.717) is 25.3 Å². The summed E-state index contributed by atoms with van der Waals surface area (Å²) < 4.78 is 27.9. The van der Waals surface area contributed by atoms with Gasteiger partial charge in [-0.2, -0.15) is 0 Å². The van der Waals surface area contributed by atoms with Crippen molar-refractivity contribution in [2.75, 3.05) is 18.8 Å². The van der Waals surface area contributed by atoms with Crippen molar-refractivity contribution in [1.82, 2.24) is 4.90 Å². The van der Waals surface area contributed by atoms with Crippen LogP contribution in [0.5, 0.6) is 0 Å². The molecule has 2 N–H and O–H groups in total. The van der Waals surface area contributed by atoms with Crippen LogP contribution in [-0.4, -0.2) is 38.1 Å². The van der Waals surface area contributed by atoms with E-state index >= 15 is 0 Å². The molecular weight excluding hydrogens is 316 g/mol. The second-order valence-corrected chi connectivity index (χ2v) is 7.42. The molecule has 1 aliphatic heterocycles. The van der Waals surface area contributed by atoms with Crippen molar-refractivity contribution in [3.63, 3.8) is 0 Å². The van der Waals surface area contributed by atoms with Crippen LogP contribution in [0.1, 0.15) is 17.0 Å². The van der Waals surface area contributed by atoms with Gasteiger partial charge in [-0.3, -0.25) is 4.79 Å². The van der Waals surface area contributed by atoms with Gasteiger partial charge in [-0.25, -0.2) is 13.6 Å². The topological polar surface area (TPSA) is 93.6 Å². The molecular formula is C16H18N2O4S. The van der Waals surface area contributed by atoms with E-state index in [4.69, 9.17) is 9.56 Å². The summed E-state index contributed by atoms with van der Waals surface area (Å²) in [5.74, 6) is 0.473. The van der Waals surface area contributed by atoms with E-state index in [-0.39, 0.29) is 23.3 Å². The minimum atomic E-state index is -3.51. The number of sulfonamides is 1. The van der Waals surface area contributed by atoms with Gasteiger partial charge in [0.25, 0.3) is 5.91 Å². The van der Waals surface area contributed by atoms with Gasteiger partial charge in [0.1, 0.15) is 5.76 Å². The molecule has 0 spiro atoms. The Morgan fingerprint density at radius 2 is 1.96 bits per heavy atom. The number of nitrogens with two attached hydrogens (primary N) is 1. The molecule has 122 valence electrons. The Hall–Kier alpha value is -2.12. The zero-order valence-corrected chi connectivity index (χ0v) is 13.3. The summed E-state index contributed by atoms with van der Waals surface area (Å²) in [6.07, 6.45) is 0.633.